The van der Waals surface area contributed by atoms with E-state index < -0.39 is 0 Å². The van der Waals surface area contributed by atoms with E-state index in [1.807, 2.05) is 13.8 Å². The fraction of sp³-hybridized carbons (Fsp3) is 0.909. The van der Waals surface area contributed by atoms with Crippen LogP contribution in [0.1, 0.15) is 34.6 Å². The molecule has 3 heteroatoms. The molecule has 0 rings (SSSR count). The Balaban J connectivity index is 3.43. The van der Waals surface area contributed by atoms with Gasteiger partial charge in [0.15, 0.2) is 0 Å². The Hall–Kier alpha value is -0.570. The molecule has 0 aliphatic carbocycles. The molecule has 0 fully saturated rings. The summed E-state index contributed by atoms with van der Waals surface area (Å²) in [5, 5.41) is 3.30. The Morgan fingerprint density at radius 3 is 2.21 bits per heavy atom. The molecule has 0 bridgehead atoms. The van der Waals surface area contributed by atoms with E-state index in [0.29, 0.717) is 18.6 Å². The predicted octanol–water partition coefficient (Wildman–Crippen LogP) is 1.82. The summed E-state index contributed by atoms with van der Waals surface area (Å²) in [6.45, 7) is 11.3. The molecule has 0 heterocycles. The number of hydrogen-bond acceptors (Lipinski definition) is 3. The maximum Gasteiger partial charge on any atom is 0.308 e. The van der Waals surface area contributed by atoms with Gasteiger partial charge in [0.1, 0.15) is 6.61 Å². The molecule has 0 saturated carbocycles. The Labute approximate surface area is 87.2 Å². The molecular formula is C11H23NO2. The van der Waals surface area contributed by atoms with Gasteiger partial charge < -0.3 is 10.1 Å². The highest BCUT2D eigenvalue weighted by molar-refractivity contribution is 5.71. The van der Waals surface area contributed by atoms with E-state index in [2.05, 4.69) is 26.1 Å². The van der Waals surface area contributed by atoms with E-state index in [9.17, 15) is 4.79 Å². The smallest absolute Gasteiger partial charge is 0.308 e. The second kappa shape index (κ2) is 6.82. The van der Waals surface area contributed by atoms with Crippen LogP contribution >= 0.6 is 0 Å². The number of ether oxygens (including phenoxy) is 1. The highest BCUT2D eigenvalue weighted by Gasteiger charge is 2.08. The van der Waals surface area contributed by atoms with Gasteiger partial charge in [0.05, 0.1) is 5.92 Å². The fourth-order valence-electron chi connectivity index (χ4n) is 0.841. The third-order valence-electron chi connectivity index (χ3n) is 2.28. The van der Waals surface area contributed by atoms with Crippen molar-refractivity contribution in [2.24, 2.45) is 11.8 Å². The molecular weight excluding hydrogens is 178 g/mol. The zero-order chi connectivity index (χ0) is 11.1. The van der Waals surface area contributed by atoms with Crippen molar-refractivity contribution in [3.05, 3.63) is 0 Å². The Kier molecular flexibility index (Phi) is 6.54. The number of hydrogen-bond donors (Lipinski definition) is 1. The van der Waals surface area contributed by atoms with Crippen LogP contribution in [-0.4, -0.2) is 25.2 Å². The molecule has 0 aromatic rings. The predicted molar refractivity (Wildman–Crippen MR) is 58.1 cm³/mol. The van der Waals surface area contributed by atoms with Crippen molar-refractivity contribution in [2.45, 2.75) is 40.7 Å². The summed E-state index contributed by atoms with van der Waals surface area (Å²) in [6, 6.07) is 0.466. The minimum Gasteiger partial charge on any atom is -0.464 e. The highest BCUT2D eigenvalue weighted by Crippen LogP contribution is 1.99. The molecule has 3 nitrogen and oxygen atoms in total. The first-order chi connectivity index (χ1) is 6.45. The summed E-state index contributed by atoms with van der Waals surface area (Å²) < 4.78 is 5.03. The van der Waals surface area contributed by atoms with E-state index in [1.54, 1.807) is 0 Å². The van der Waals surface area contributed by atoms with Crippen molar-refractivity contribution in [2.75, 3.05) is 13.2 Å². The number of carbonyl (C=O) groups is 1. The topological polar surface area (TPSA) is 38.3 Å². The van der Waals surface area contributed by atoms with Gasteiger partial charge in [-0.05, 0) is 12.8 Å². The van der Waals surface area contributed by atoms with Gasteiger partial charge in [-0.15, -0.1) is 0 Å². The molecule has 84 valence electrons. The summed E-state index contributed by atoms with van der Waals surface area (Å²) in [5.74, 6) is 0.456. The van der Waals surface area contributed by atoms with Crippen molar-refractivity contribution in [3.63, 3.8) is 0 Å². The van der Waals surface area contributed by atoms with Gasteiger partial charge in [-0.25, -0.2) is 0 Å². The third-order valence-corrected chi connectivity index (χ3v) is 2.28. The van der Waals surface area contributed by atoms with Crippen LogP contribution in [0.15, 0.2) is 0 Å². The molecule has 1 unspecified atom stereocenters. The van der Waals surface area contributed by atoms with Gasteiger partial charge in [0.2, 0.25) is 0 Å². The largest absolute Gasteiger partial charge is 0.464 e. The lowest BCUT2D eigenvalue weighted by Crippen LogP contribution is -2.34. The quantitative estimate of drug-likeness (QED) is 0.526. The Bertz CT molecular complexity index is 167. The normalized spacial score (nSPS) is 13.4. The second-order valence-electron chi connectivity index (χ2n) is 4.31. The van der Waals surface area contributed by atoms with Gasteiger partial charge in [-0.2, -0.15) is 0 Å². The van der Waals surface area contributed by atoms with E-state index in [4.69, 9.17) is 4.74 Å². The highest BCUT2D eigenvalue weighted by atomic mass is 16.5. The lowest BCUT2D eigenvalue weighted by molar-refractivity contribution is -0.147. The zero-order valence-electron chi connectivity index (χ0n) is 9.96. The van der Waals surface area contributed by atoms with Crippen molar-refractivity contribution in [1.82, 2.24) is 5.32 Å². The minimum absolute atomic E-state index is 0.0301. The van der Waals surface area contributed by atoms with Crippen LogP contribution in [0.3, 0.4) is 0 Å². The molecule has 1 atom stereocenters. The summed E-state index contributed by atoms with van der Waals surface area (Å²) in [4.78, 5) is 11.1. The molecule has 0 aliphatic heterocycles. The van der Waals surface area contributed by atoms with Crippen LogP contribution in [0.4, 0.5) is 0 Å². The molecule has 0 spiro atoms. The summed E-state index contributed by atoms with van der Waals surface area (Å²) in [6.07, 6.45) is 0. The molecule has 0 aromatic heterocycles. The lowest BCUT2D eigenvalue weighted by Gasteiger charge is -2.17. The first-order valence-corrected chi connectivity index (χ1v) is 5.35. The molecule has 0 amide bonds. The van der Waals surface area contributed by atoms with E-state index in [-0.39, 0.29) is 11.9 Å². The monoisotopic (exact) mass is 201 g/mol. The molecule has 0 aliphatic rings. The average molecular weight is 201 g/mol. The van der Waals surface area contributed by atoms with Crippen LogP contribution in [-0.2, 0) is 9.53 Å². The van der Waals surface area contributed by atoms with Crippen LogP contribution in [0.25, 0.3) is 0 Å². The van der Waals surface area contributed by atoms with Crippen molar-refractivity contribution in [1.29, 1.82) is 0 Å². The number of carbonyl (C=O) groups excluding carboxylic acids is 1. The molecule has 1 N–H and O–H groups in total. The van der Waals surface area contributed by atoms with Crippen LogP contribution < -0.4 is 5.32 Å². The Morgan fingerprint density at radius 2 is 1.79 bits per heavy atom. The third kappa shape index (κ3) is 5.97. The van der Waals surface area contributed by atoms with E-state index in [0.717, 1.165) is 6.54 Å². The second-order valence-corrected chi connectivity index (χ2v) is 4.31. The van der Waals surface area contributed by atoms with Gasteiger partial charge in [0, 0.05) is 12.6 Å². The van der Waals surface area contributed by atoms with Gasteiger partial charge in [0.25, 0.3) is 0 Å². The van der Waals surface area contributed by atoms with E-state index in [1.165, 1.54) is 0 Å². The average Bonchev–Trinajstić information content (AvgIpc) is 2.11. The molecule has 0 radical (unpaired) electrons. The standard InChI is InChI=1S/C11H23NO2/c1-8(2)10(5)12-6-7-14-11(13)9(3)4/h8-10,12H,6-7H2,1-5H3. The van der Waals surface area contributed by atoms with E-state index >= 15 is 0 Å². The zero-order valence-corrected chi connectivity index (χ0v) is 9.96. The van der Waals surface area contributed by atoms with Gasteiger partial charge in [-0.3, -0.25) is 4.79 Å². The SMILES string of the molecule is CC(C)C(=O)OCCNC(C)C(C)C. The van der Waals surface area contributed by atoms with Crippen molar-refractivity contribution >= 4 is 5.97 Å². The first-order valence-electron chi connectivity index (χ1n) is 5.35. The van der Waals surface area contributed by atoms with Gasteiger partial charge >= 0.3 is 5.97 Å². The molecule has 0 saturated heterocycles. The first kappa shape index (κ1) is 13.4. The number of esters is 1. The summed E-state index contributed by atoms with van der Waals surface area (Å²) in [5.41, 5.74) is 0. The van der Waals surface area contributed by atoms with Crippen LogP contribution in [0.5, 0.6) is 0 Å². The maximum atomic E-state index is 11.1. The molecule has 14 heavy (non-hydrogen) atoms. The molecule has 0 aromatic carbocycles. The number of rotatable bonds is 6. The maximum absolute atomic E-state index is 11.1. The van der Waals surface area contributed by atoms with Crippen LogP contribution in [0.2, 0.25) is 0 Å². The number of nitrogens with one attached hydrogen (secondary N) is 1. The lowest BCUT2D eigenvalue weighted by atomic mass is 10.1. The summed E-state index contributed by atoms with van der Waals surface area (Å²) >= 11 is 0. The van der Waals surface area contributed by atoms with Crippen LogP contribution in [0, 0.1) is 11.8 Å². The van der Waals surface area contributed by atoms with Crippen molar-refractivity contribution in [3.8, 4) is 0 Å². The fourth-order valence-corrected chi connectivity index (χ4v) is 0.841. The minimum atomic E-state index is -0.121. The van der Waals surface area contributed by atoms with Crippen molar-refractivity contribution < 1.29 is 9.53 Å². The summed E-state index contributed by atoms with van der Waals surface area (Å²) in [7, 11) is 0. The van der Waals surface area contributed by atoms with Gasteiger partial charge in [-0.1, -0.05) is 27.7 Å². The Morgan fingerprint density at radius 1 is 1.21 bits per heavy atom.